The number of rotatable bonds is 66. The van der Waals surface area contributed by atoms with E-state index in [0.29, 0.717) is 250 Å². The van der Waals surface area contributed by atoms with Crippen molar-refractivity contribution in [2.24, 2.45) is 0 Å². The molecule has 0 aliphatic carbocycles. The Morgan fingerprint density at radius 1 is 0.300 bits per heavy atom. The van der Waals surface area contributed by atoms with Gasteiger partial charge in [0.05, 0.1) is 258 Å². The highest BCUT2D eigenvalue weighted by molar-refractivity contribution is 9.09. The quantitative estimate of drug-likeness (QED) is 0.0512. The third-order valence-corrected chi connectivity index (χ3v) is 12.0. The minimum Gasteiger partial charge on any atom is -0.394 e. The van der Waals surface area contributed by atoms with E-state index in [9.17, 15) is 0 Å². The van der Waals surface area contributed by atoms with Crippen LogP contribution < -0.4 is 0 Å². The number of alkyl halides is 1. The molecular weight excluding hydrogens is 1050 g/mol. The summed E-state index contributed by atoms with van der Waals surface area (Å²) in [6, 6.07) is 0. The fourth-order valence-corrected chi connectivity index (χ4v) is 8.26. The standard InChI is InChI=1S/C46H93BrO20S3/c47-2-1-46(70-44-43-69-42-41-68)45-67-40-39-66-38-37-65-36-35-64-34-33-63-32-31-62-30-29-61-28-27-60-26-25-59-24-23-58-22-21-57-20-19-56-18-17-55-16-15-54-14-13-53-12-11-52-10-9-51-8-7-50-6-5-49-4-3-48/h46,48,68H,1-45H2. The van der Waals surface area contributed by atoms with Gasteiger partial charge in [-0.2, -0.15) is 36.2 Å². The Balaban J connectivity index is 3.13. The van der Waals surface area contributed by atoms with Gasteiger partial charge in [-0.3, -0.25) is 0 Å². The van der Waals surface area contributed by atoms with E-state index >= 15 is 0 Å². The highest BCUT2D eigenvalue weighted by atomic mass is 79.9. The van der Waals surface area contributed by atoms with Gasteiger partial charge in [-0.1, -0.05) is 15.9 Å². The van der Waals surface area contributed by atoms with Crippen LogP contribution in [-0.4, -0.2) is 296 Å². The van der Waals surface area contributed by atoms with Crippen LogP contribution in [0.3, 0.4) is 0 Å². The lowest BCUT2D eigenvalue weighted by molar-refractivity contribution is -0.0313. The number of thiol groups is 1. The Hall–Kier alpha value is 0.730. The Morgan fingerprint density at radius 2 is 0.514 bits per heavy atom. The van der Waals surface area contributed by atoms with Gasteiger partial charge >= 0.3 is 0 Å². The topological polar surface area (TPSA) is 196 Å². The predicted molar refractivity (Wildman–Crippen MR) is 278 cm³/mol. The summed E-state index contributed by atoms with van der Waals surface area (Å²) in [5, 5.41) is 10.1. The Bertz CT molecular complexity index is 927. The molecule has 20 nitrogen and oxygen atoms in total. The minimum absolute atomic E-state index is 0.0200. The van der Waals surface area contributed by atoms with Gasteiger partial charge in [0.2, 0.25) is 0 Å². The lowest BCUT2D eigenvalue weighted by Crippen LogP contribution is -2.17. The molecule has 1 atom stereocenters. The maximum atomic E-state index is 8.61. The van der Waals surface area contributed by atoms with Gasteiger partial charge < -0.3 is 95.1 Å². The average Bonchev–Trinajstić information content (AvgIpc) is 3.37. The lowest BCUT2D eigenvalue weighted by Gasteiger charge is -2.15. The van der Waals surface area contributed by atoms with E-state index < -0.39 is 0 Å². The molecule has 70 heavy (non-hydrogen) atoms. The summed E-state index contributed by atoms with van der Waals surface area (Å²) in [6.45, 7) is 19.2. The molecule has 0 saturated carbocycles. The largest absolute Gasteiger partial charge is 0.394 e. The number of halogens is 1. The molecule has 24 heteroatoms. The summed E-state index contributed by atoms with van der Waals surface area (Å²) in [5.74, 6) is 4.35. The van der Waals surface area contributed by atoms with Crippen molar-refractivity contribution in [3.05, 3.63) is 0 Å². The molecule has 0 saturated heterocycles. The molecule has 0 heterocycles. The van der Waals surface area contributed by atoms with Gasteiger partial charge in [0.1, 0.15) is 0 Å². The van der Waals surface area contributed by atoms with Crippen molar-refractivity contribution in [1.82, 2.24) is 0 Å². The summed E-state index contributed by atoms with van der Waals surface area (Å²) < 4.78 is 104. The number of ether oxygens (including phenoxy) is 19. The number of aliphatic hydroxyl groups excluding tert-OH is 1. The van der Waals surface area contributed by atoms with E-state index in [2.05, 4.69) is 28.6 Å². The molecule has 422 valence electrons. The highest BCUT2D eigenvalue weighted by Crippen LogP contribution is 2.18. The fraction of sp³-hybridized carbons (Fsp3) is 1.00. The first-order valence-corrected chi connectivity index (χ1v) is 28.7. The van der Waals surface area contributed by atoms with E-state index in [-0.39, 0.29) is 6.61 Å². The van der Waals surface area contributed by atoms with Crippen molar-refractivity contribution in [2.75, 3.05) is 286 Å². The van der Waals surface area contributed by atoms with E-state index in [0.717, 1.165) is 41.4 Å². The number of hydrogen-bond donors (Lipinski definition) is 2. The van der Waals surface area contributed by atoms with E-state index in [1.54, 1.807) is 0 Å². The van der Waals surface area contributed by atoms with Crippen molar-refractivity contribution >= 4 is 52.1 Å². The van der Waals surface area contributed by atoms with Crippen molar-refractivity contribution in [3.63, 3.8) is 0 Å². The molecule has 0 radical (unpaired) electrons. The predicted octanol–water partition coefficient (Wildman–Crippen LogP) is 2.84. The van der Waals surface area contributed by atoms with E-state index in [1.165, 1.54) is 0 Å². The average molecular weight is 1140 g/mol. The Labute approximate surface area is 442 Å². The summed E-state index contributed by atoms with van der Waals surface area (Å²) in [7, 11) is 0. The second-order valence-corrected chi connectivity index (χ2v) is 18.0. The highest BCUT2D eigenvalue weighted by Gasteiger charge is 2.09. The molecule has 0 aromatic heterocycles. The monoisotopic (exact) mass is 1140 g/mol. The van der Waals surface area contributed by atoms with Crippen molar-refractivity contribution in [2.45, 2.75) is 11.7 Å². The first-order valence-electron chi connectivity index (χ1n) is 24.8. The molecule has 0 aromatic rings. The first-order chi connectivity index (χ1) is 34.8. The summed E-state index contributed by atoms with van der Waals surface area (Å²) in [5.41, 5.74) is 0. The van der Waals surface area contributed by atoms with Crippen molar-refractivity contribution < 1.29 is 95.1 Å². The SMILES string of the molecule is OCCOCCOCCOCCOCCOCCOCCOCCOCCOCCOCCOCCOCCOCCOCCOCCOCCOCCOCCOCC(CCBr)SCCSCCS. The molecule has 0 aliphatic rings. The van der Waals surface area contributed by atoms with Crippen molar-refractivity contribution in [3.8, 4) is 0 Å². The van der Waals surface area contributed by atoms with Crippen LogP contribution in [0.15, 0.2) is 0 Å². The summed E-state index contributed by atoms with van der Waals surface area (Å²) in [6.07, 6.45) is 1.10. The van der Waals surface area contributed by atoms with Crippen LogP contribution in [0, 0.1) is 0 Å². The molecule has 0 fully saturated rings. The maximum Gasteiger partial charge on any atom is 0.0701 e. The second kappa shape index (κ2) is 67.7. The summed E-state index contributed by atoms with van der Waals surface area (Å²) in [4.78, 5) is 0. The molecular formula is C46H93BrO20S3. The normalized spacial score (nSPS) is 12.2. The number of thioether (sulfide) groups is 2. The van der Waals surface area contributed by atoms with Crippen LogP contribution in [0.4, 0.5) is 0 Å². The molecule has 0 bridgehead atoms. The molecule has 0 aromatic carbocycles. The molecule has 0 amide bonds. The molecule has 0 spiro atoms. The first kappa shape index (κ1) is 70.7. The number of hydrogen-bond acceptors (Lipinski definition) is 23. The van der Waals surface area contributed by atoms with Gasteiger partial charge in [0, 0.05) is 27.8 Å². The molecule has 1 unspecified atom stereocenters. The van der Waals surface area contributed by atoms with Gasteiger partial charge in [-0.25, -0.2) is 0 Å². The molecule has 0 aliphatic heterocycles. The van der Waals surface area contributed by atoms with Crippen LogP contribution in [0.1, 0.15) is 6.42 Å². The lowest BCUT2D eigenvalue weighted by atomic mass is 10.3. The smallest absolute Gasteiger partial charge is 0.0701 e. The van der Waals surface area contributed by atoms with Gasteiger partial charge in [0.25, 0.3) is 0 Å². The third kappa shape index (κ3) is 64.8. The minimum atomic E-state index is 0.0200. The third-order valence-electron chi connectivity index (χ3n) is 8.48. The zero-order valence-corrected chi connectivity index (χ0v) is 46.4. The van der Waals surface area contributed by atoms with Crippen LogP contribution >= 0.6 is 52.1 Å². The van der Waals surface area contributed by atoms with Crippen LogP contribution in [0.25, 0.3) is 0 Å². The molecule has 1 N–H and O–H groups in total. The van der Waals surface area contributed by atoms with Gasteiger partial charge in [-0.05, 0) is 12.2 Å². The zero-order chi connectivity index (χ0) is 50.2. The van der Waals surface area contributed by atoms with Crippen LogP contribution in [0.5, 0.6) is 0 Å². The number of aliphatic hydroxyl groups is 1. The zero-order valence-electron chi connectivity index (χ0n) is 42.2. The Morgan fingerprint density at radius 3 is 0.714 bits per heavy atom. The van der Waals surface area contributed by atoms with Crippen molar-refractivity contribution in [1.29, 1.82) is 0 Å². The van der Waals surface area contributed by atoms with Crippen LogP contribution in [-0.2, 0) is 90.0 Å². The van der Waals surface area contributed by atoms with Gasteiger partial charge in [0.15, 0.2) is 0 Å². The fourth-order valence-electron chi connectivity index (χ4n) is 5.01. The Kier molecular flexibility index (Phi) is 68.5. The van der Waals surface area contributed by atoms with E-state index in [1.807, 2.05) is 23.5 Å². The maximum absolute atomic E-state index is 8.61. The second-order valence-electron chi connectivity index (χ2n) is 14.1. The molecule has 0 rings (SSSR count). The summed E-state index contributed by atoms with van der Waals surface area (Å²) >= 11 is 11.7. The van der Waals surface area contributed by atoms with Gasteiger partial charge in [-0.15, -0.1) is 0 Å². The van der Waals surface area contributed by atoms with Crippen LogP contribution in [0.2, 0.25) is 0 Å². The van der Waals surface area contributed by atoms with E-state index in [4.69, 9.17) is 95.1 Å².